The van der Waals surface area contributed by atoms with Gasteiger partial charge in [0.05, 0.1) is 7.11 Å². The second kappa shape index (κ2) is 7.07. The van der Waals surface area contributed by atoms with Crippen molar-refractivity contribution in [1.29, 1.82) is 0 Å². The molecule has 0 aromatic heterocycles. The van der Waals surface area contributed by atoms with Crippen LogP contribution in [0.5, 0.6) is 0 Å². The molecule has 1 atom stereocenters. The fourth-order valence-corrected chi connectivity index (χ4v) is 2.18. The summed E-state index contributed by atoms with van der Waals surface area (Å²) in [5, 5.41) is 3.17. The summed E-state index contributed by atoms with van der Waals surface area (Å²) in [5.41, 5.74) is 1.20. The normalized spacial score (nSPS) is 20.6. The van der Waals surface area contributed by atoms with Gasteiger partial charge in [-0.05, 0) is 5.56 Å². The summed E-state index contributed by atoms with van der Waals surface area (Å²) >= 11 is 0. The monoisotopic (exact) mass is 260 g/mol. The van der Waals surface area contributed by atoms with E-state index in [4.69, 9.17) is 4.74 Å². The molecule has 0 amide bonds. The summed E-state index contributed by atoms with van der Waals surface area (Å²) in [5.74, 6) is -0.184. The van der Waals surface area contributed by atoms with Crippen LogP contribution in [0.3, 0.4) is 0 Å². The number of nitrogens with one attached hydrogen (secondary N) is 1. The lowest BCUT2D eigenvalue weighted by molar-refractivity contribution is -0.144. The summed E-state index contributed by atoms with van der Waals surface area (Å²) < 4.78 is 4.77. The van der Waals surface area contributed by atoms with E-state index in [2.05, 4.69) is 34.5 Å². The molecule has 1 fully saturated rings. The van der Waals surface area contributed by atoms with Crippen molar-refractivity contribution in [1.82, 2.24) is 10.2 Å². The van der Waals surface area contributed by atoms with E-state index in [-0.39, 0.29) is 12.0 Å². The molecule has 0 bridgehead atoms. The highest BCUT2D eigenvalue weighted by Crippen LogP contribution is 2.04. The van der Waals surface area contributed by atoms with Gasteiger partial charge in [-0.15, -0.1) is 0 Å². The van der Waals surface area contributed by atoms with Crippen molar-refractivity contribution >= 4 is 12.0 Å². The summed E-state index contributed by atoms with van der Waals surface area (Å²) in [6.45, 7) is 3.32. The Morgan fingerprint density at radius 3 is 3.00 bits per heavy atom. The zero-order valence-corrected chi connectivity index (χ0v) is 11.2. The molecule has 1 N–H and O–H groups in total. The van der Waals surface area contributed by atoms with E-state index >= 15 is 0 Å². The van der Waals surface area contributed by atoms with Crippen LogP contribution >= 0.6 is 0 Å². The maximum atomic E-state index is 11.5. The first-order valence-electron chi connectivity index (χ1n) is 6.55. The minimum absolute atomic E-state index is 0.184. The maximum Gasteiger partial charge on any atom is 0.324 e. The lowest BCUT2D eigenvalue weighted by Crippen LogP contribution is -2.54. The van der Waals surface area contributed by atoms with E-state index in [0.29, 0.717) is 6.54 Å². The van der Waals surface area contributed by atoms with Gasteiger partial charge in [0.15, 0.2) is 0 Å². The van der Waals surface area contributed by atoms with E-state index < -0.39 is 0 Å². The number of rotatable bonds is 4. The molecule has 0 spiro atoms. The Bertz CT molecular complexity index is 431. The summed E-state index contributed by atoms with van der Waals surface area (Å²) in [4.78, 5) is 13.7. The average molecular weight is 260 g/mol. The molecule has 1 aromatic carbocycles. The van der Waals surface area contributed by atoms with Crippen molar-refractivity contribution in [2.75, 3.05) is 33.3 Å². The minimum Gasteiger partial charge on any atom is -0.468 e. The Kier molecular flexibility index (Phi) is 5.12. The van der Waals surface area contributed by atoms with Crippen molar-refractivity contribution in [2.24, 2.45) is 0 Å². The molecule has 1 saturated heterocycles. The maximum absolute atomic E-state index is 11.5. The summed E-state index contributed by atoms with van der Waals surface area (Å²) in [6, 6.07) is 10.0. The number of methoxy groups -OCH3 is 1. The van der Waals surface area contributed by atoms with E-state index in [0.717, 1.165) is 19.6 Å². The largest absolute Gasteiger partial charge is 0.468 e. The van der Waals surface area contributed by atoms with E-state index in [9.17, 15) is 4.79 Å². The van der Waals surface area contributed by atoms with E-state index in [1.54, 1.807) is 0 Å². The third-order valence-electron chi connectivity index (χ3n) is 3.22. The Morgan fingerprint density at radius 1 is 1.47 bits per heavy atom. The van der Waals surface area contributed by atoms with Crippen molar-refractivity contribution in [3.05, 3.63) is 42.0 Å². The lowest BCUT2D eigenvalue weighted by Gasteiger charge is -2.31. The van der Waals surface area contributed by atoms with Gasteiger partial charge in [-0.2, -0.15) is 0 Å². The van der Waals surface area contributed by atoms with Crippen LogP contribution in [0.25, 0.3) is 6.08 Å². The van der Waals surface area contributed by atoms with Crippen LogP contribution in [0.2, 0.25) is 0 Å². The van der Waals surface area contributed by atoms with Gasteiger partial charge in [-0.1, -0.05) is 42.5 Å². The smallest absolute Gasteiger partial charge is 0.324 e. The number of hydrogen-bond acceptors (Lipinski definition) is 4. The fraction of sp³-hybridized carbons (Fsp3) is 0.400. The quantitative estimate of drug-likeness (QED) is 0.825. The molecular formula is C15H20N2O2. The molecule has 102 valence electrons. The van der Waals surface area contributed by atoms with Gasteiger partial charge in [0.25, 0.3) is 0 Å². The molecule has 1 heterocycles. The number of piperazine rings is 1. The van der Waals surface area contributed by atoms with Crippen LogP contribution in [-0.4, -0.2) is 50.2 Å². The van der Waals surface area contributed by atoms with E-state index in [1.807, 2.05) is 18.2 Å². The van der Waals surface area contributed by atoms with Gasteiger partial charge in [-0.25, -0.2) is 0 Å². The number of nitrogens with zero attached hydrogens (tertiary/aromatic N) is 1. The van der Waals surface area contributed by atoms with Crippen molar-refractivity contribution in [2.45, 2.75) is 6.04 Å². The molecule has 4 nitrogen and oxygen atoms in total. The molecule has 0 saturated carbocycles. The van der Waals surface area contributed by atoms with Crippen molar-refractivity contribution in [3.63, 3.8) is 0 Å². The second-order valence-electron chi connectivity index (χ2n) is 4.60. The first-order chi connectivity index (χ1) is 9.29. The fourth-order valence-electron chi connectivity index (χ4n) is 2.18. The zero-order valence-electron chi connectivity index (χ0n) is 11.2. The van der Waals surface area contributed by atoms with Crippen molar-refractivity contribution < 1.29 is 9.53 Å². The molecule has 1 aliphatic heterocycles. The first kappa shape index (κ1) is 13.8. The standard InChI is InChI=1S/C15H20N2O2/c1-19-15(18)14-12-17(11-9-16-14)10-5-8-13-6-3-2-4-7-13/h2-8,14,16H,9-12H2,1H3/b8-5+. The molecule has 2 rings (SSSR count). The predicted molar refractivity (Wildman–Crippen MR) is 75.7 cm³/mol. The van der Waals surface area contributed by atoms with Crippen LogP contribution in [0.1, 0.15) is 5.56 Å². The molecule has 1 unspecified atom stereocenters. The Balaban J connectivity index is 1.83. The number of carbonyl (C=O) groups is 1. The molecule has 0 radical (unpaired) electrons. The average Bonchev–Trinajstić information content (AvgIpc) is 2.48. The highest BCUT2D eigenvalue weighted by atomic mass is 16.5. The minimum atomic E-state index is -0.205. The van der Waals surface area contributed by atoms with Crippen LogP contribution in [0.4, 0.5) is 0 Å². The molecule has 1 aromatic rings. The summed E-state index contributed by atoms with van der Waals surface area (Å²) in [6.07, 6.45) is 4.24. The Hall–Kier alpha value is -1.65. The molecule has 4 heteroatoms. The van der Waals surface area contributed by atoms with Crippen LogP contribution in [-0.2, 0) is 9.53 Å². The van der Waals surface area contributed by atoms with Gasteiger partial charge in [0.2, 0.25) is 0 Å². The zero-order chi connectivity index (χ0) is 13.5. The summed E-state index contributed by atoms with van der Waals surface area (Å²) in [7, 11) is 1.43. The van der Waals surface area contributed by atoms with Gasteiger partial charge in [0, 0.05) is 26.2 Å². The van der Waals surface area contributed by atoms with Crippen LogP contribution in [0.15, 0.2) is 36.4 Å². The van der Waals surface area contributed by atoms with Gasteiger partial charge < -0.3 is 10.1 Å². The van der Waals surface area contributed by atoms with Gasteiger partial charge in [0.1, 0.15) is 6.04 Å². The second-order valence-corrected chi connectivity index (χ2v) is 4.60. The Labute approximate surface area is 114 Å². The highest BCUT2D eigenvalue weighted by molar-refractivity contribution is 5.76. The SMILES string of the molecule is COC(=O)C1CN(C/C=C/c2ccccc2)CCN1. The predicted octanol–water partition coefficient (Wildman–Crippen LogP) is 1.15. The molecule has 0 aliphatic carbocycles. The van der Waals surface area contributed by atoms with Gasteiger partial charge >= 0.3 is 5.97 Å². The number of benzene rings is 1. The van der Waals surface area contributed by atoms with E-state index in [1.165, 1.54) is 12.7 Å². The number of ether oxygens (including phenoxy) is 1. The molecule has 1 aliphatic rings. The van der Waals surface area contributed by atoms with Crippen LogP contribution in [0, 0.1) is 0 Å². The first-order valence-corrected chi connectivity index (χ1v) is 6.55. The Morgan fingerprint density at radius 2 is 2.26 bits per heavy atom. The number of hydrogen-bond donors (Lipinski definition) is 1. The van der Waals surface area contributed by atoms with Crippen molar-refractivity contribution in [3.8, 4) is 0 Å². The molecule has 19 heavy (non-hydrogen) atoms. The molecular weight excluding hydrogens is 240 g/mol. The lowest BCUT2D eigenvalue weighted by atomic mass is 10.2. The number of esters is 1. The topological polar surface area (TPSA) is 41.6 Å². The third kappa shape index (κ3) is 4.19. The highest BCUT2D eigenvalue weighted by Gasteiger charge is 2.24. The van der Waals surface area contributed by atoms with Crippen LogP contribution < -0.4 is 5.32 Å². The third-order valence-corrected chi connectivity index (χ3v) is 3.22. The van der Waals surface area contributed by atoms with Gasteiger partial charge in [-0.3, -0.25) is 9.69 Å². The number of carbonyl (C=O) groups excluding carboxylic acids is 1.